The first kappa shape index (κ1) is 17.6. The number of aromatic nitrogens is 4. The van der Waals surface area contributed by atoms with E-state index in [2.05, 4.69) is 62.7 Å². The van der Waals surface area contributed by atoms with E-state index >= 15 is 0 Å². The maximum atomic E-state index is 4.78. The van der Waals surface area contributed by atoms with Gasteiger partial charge in [-0.25, -0.2) is 4.68 Å². The second-order valence-electron chi connectivity index (χ2n) is 9.18. The Bertz CT molecular complexity index is 1030. The summed E-state index contributed by atoms with van der Waals surface area (Å²) in [5.41, 5.74) is 7.45. The fourth-order valence-corrected chi connectivity index (χ4v) is 5.56. The van der Waals surface area contributed by atoms with Crippen LogP contribution in [0.5, 0.6) is 0 Å². The molecule has 0 N–H and O–H groups in total. The highest BCUT2D eigenvalue weighted by Crippen LogP contribution is 2.67. The molecule has 2 aliphatic carbocycles. The molecule has 28 heavy (non-hydrogen) atoms. The molecule has 0 amide bonds. The first-order valence-electron chi connectivity index (χ1n) is 10.5. The lowest BCUT2D eigenvalue weighted by atomic mass is 9.70. The van der Waals surface area contributed by atoms with Crippen molar-refractivity contribution in [2.24, 2.45) is 5.41 Å². The molecule has 0 radical (unpaired) electrons. The Morgan fingerprint density at radius 1 is 1.11 bits per heavy atom. The summed E-state index contributed by atoms with van der Waals surface area (Å²) in [4.78, 5) is 0. The van der Waals surface area contributed by atoms with Gasteiger partial charge in [0.05, 0.1) is 29.0 Å². The van der Waals surface area contributed by atoms with Crippen molar-refractivity contribution in [3.05, 3.63) is 59.5 Å². The van der Waals surface area contributed by atoms with Gasteiger partial charge in [0.1, 0.15) is 0 Å². The standard InChI is InChI=1S/C24H28N4/c1-5-9-21-18(15-25-28(21)16-10-7-6-8-11-16)20-14-17-19-12-13-24(4,23(19,2)3)22(17)27-26-20/h6-8,10-11,14-15,19H,5,9,12-13H2,1-4H3. The molecule has 4 heteroatoms. The zero-order valence-electron chi connectivity index (χ0n) is 17.2. The van der Waals surface area contributed by atoms with E-state index in [-0.39, 0.29) is 10.8 Å². The van der Waals surface area contributed by atoms with Crippen LogP contribution >= 0.6 is 0 Å². The molecular weight excluding hydrogens is 344 g/mol. The summed E-state index contributed by atoms with van der Waals surface area (Å²) in [5, 5.41) is 14.2. The van der Waals surface area contributed by atoms with Crippen LogP contribution in [-0.2, 0) is 11.8 Å². The van der Waals surface area contributed by atoms with Gasteiger partial charge in [0.2, 0.25) is 0 Å². The van der Waals surface area contributed by atoms with Gasteiger partial charge in [0.15, 0.2) is 0 Å². The third kappa shape index (κ3) is 2.20. The Kier molecular flexibility index (Phi) is 3.77. The Labute approximate surface area is 167 Å². The van der Waals surface area contributed by atoms with Crippen LogP contribution < -0.4 is 0 Å². The van der Waals surface area contributed by atoms with Crippen LogP contribution in [0.25, 0.3) is 16.9 Å². The van der Waals surface area contributed by atoms with Gasteiger partial charge in [-0.3, -0.25) is 0 Å². The summed E-state index contributed by atoms with van der Waals surface area (Å²) < 4.78 is 2.06. The second-order valence-corrected chi connectivity index (χ2v) is 9.18. The zero-order chi connectivity index (χ0) is 19.5. The highest BCUT2D eigenvalue weighted by atomic mass is 15.3. The third-order valence-electron chi connectivity index (χ3n) is 7.58. The average Bonchev–Trinajstić information content (AvgIpc) is 3.27. The van der Waals surface area contributed by atoms with Crippen molar-refractivity contribution in [2.75, 3.05) is 0 Å². The normalized spacial score (nSPS) is 24.5. The summed E-state index contributed by atoms with van der Waals surface area (Å²) >= 11 is 0. The van der Waals surface area contributed by atoms with Crippen molar-refractivity contribution < 1.29 is 0 Å². The Balaban J connectivity index is 1.63. The predicted molar refractivity (Wildman–Crippen MR) is 112 cm³/mol. The van der Waals surface area contributed by atoms with E-state index in [0.29, 0.717) is 5.92 Å². The molecule has 2 aromatic heterocycles. The number of benzene rings is 1. The van der Waals surface area contributed by atoms with Gasteiger partial charge in [-0.05, 0) is 54.4 Å². The highest BCUT2D eigenvalue weighted by Gasteiger charge is 2.60. The number of hydrogen-bond donors (Lipinski definition) is 0. The van der Waals surface area contributed by atoms with E-state index in [9.17, 15) is 0 Å². The zero-order valence-corrected chi connectivity index (χ0v) is 17.2. The Hall–Kier alpha value is -2.49. The van der Waals surface area contributed by atoms with E-state index in [1.807, 2.05) is 12.3 Å². The number of hydrogen-bond acceptors (Lipinski definition) is 3. The van der Waals surface area contributed by atoms with Crippen LogP contribution in [0.3, 0.4) is 0 Å². The van der Waals surface area contributed by atoms with Crippen LogP contribution in [0.4, 0.5) is 0 Å². The van der Waals surface area contributed by atoms with E-state index < -0.39 is 0 Å². The van der Waals surface area contributed by atoms with Crippen molar-refractivity contribution >= 4 is 0 Å². The summed E-state index contributed by atoms with van der Waals surface area (Å²) in [7, 11) is 0. The quantitative estimate of drug-likeness (QED) is 0.611. The molecule has 5 rings (SSSR count). The molecule has 1 fully saturated rings. The first-order valence-corrected chi connectivity index (χ1v) is 10.5. The van der Waals surface area contributed by atoms with Crippen LogP contribution in [-0.4, -0.2) is 20.0 Å². The van der Waals surface area contributed by atoms with E-state index in [4.69, 9.17) is 15.3 Å². The largest absolute Gasteiger partial charge is 0.237 e. The van der Waals surface area contributed by atoms with Crippen molar-refractivity contribution in [1.82, 2.24) is 20.0 Å². The van der Waals surface area contributed by atoms with Crippen molar-refractivity contribution in [2.45, 2.75) is 64.7 Å². The number of nitrogens with zero attached hydrogens (tertiary/aromatic N) is 4. The smallest absolute Gasteiger partial charge is 0.0967 e. The molecule has 1 saturated carbocycles. The molecule has 2 bridgehead atoms. The van der Waals surface area contributed by atoms with Gasteiger partial charge in [-0.15, -0.1) is 0 Å². The Morgan fingerprint density at radius 2 is 1.89 bits per heavy atom. The van der Waals surface area contributed by atoms with Crippen molar-refractivity contribution in [3.63, 3.8) is 0 Å². The minimum atomic E-state index is 0.152. The molecule has 0 aliphatic heterocycles. The van der Waals surface area contributed by atoms with Crippen molar-refractivity contribution in [1.29, 1.82) is 0 Å². The summed E-state index contributed by atoms with van der Waals surface area (Å²) in [6.07, 6.45) is 6.48. The summed E-state index contributed by atoms with van der Waals surface area (Å²) in [5.74, 6) is 0.584. The van der Waals surface area contributed by atoms with Gasteiger partial charge in [-0.2, -0.15) is 15.3 Å². The molecule has 0 spiro atoms. The van der Waals surface area contributed by atoms with E-state index in [1.54, 1.807) is 0 Å². The number of rotatable bonds is 4. The van der Waals surface area contributed by atoms with Crippen molar-refractivity contribution in [3.8, 4) is 16.9 Å². The van der Waals surface area contributed by atoms with Crippen LogP contribution in [0, 0.1) is 5.41 Å². The molecule has 4 nitrogen and oxygen atoms in total. The predicted octanol–water partition coefficient (Wildman–Crippen LogP) is 5.46. The van der Waals surface area contributed by atoms with E-state index in [1.165, 1.54) is 29.8 Å². The SMILES string of the molecule is CCCc1c(-c2cc3c(nn2)C2(C)CCC3C2(C)C)cnn1-c1ccccc1. The summed E-state index contributed by atoms with van der Waals surface area (Å²) in [6, 6.07) is 12.7. The van der Waals surface area contributed by atoms with E-state index in [0.717, 1.165) is 29.8 Å². The first-order chi connectivity index (χ1) is 13.5. The monoisotopic (exact) mass is 372 g/mol. The molecule has 2 aliphatic rings. The third-order valence-corrected chi connectivity index (χ3v) is 7.58. The lowest BCUT2D eigenvalue weighted by Gasteiger charge is -2.33. The highest BCUT2D eigenvalue weighted by molar-refractivity contribution is 5.64. The fourth-order valence-electron chi connectivity index (χ4n) is 5.56. The maximum absolute atomic E-state index is 4.78. The number of para-hydroxylation sites is 1. The van der Waals surface area contributed by atoms with Gasteiger partial charge in [-0.1, -0.05) is 52.3 Å². The minimum Gasteiger partial charge on any atom is -0.237 e. The average molecular weight is 373 g/mol. The maximum Gasteiger partial charge on any atom is 0.0967 e. The summed E-state index contributed by atoms with van der Waals surface area (Å²) in [6.45, 7) is 9.40. The molecule has 0 saturated heterocycles. The lowest BCUT2D eigenvalue weighted by molar-refractivity contribution is 0.226. The minimum absolute atomic E-state index is 0.152. The van der Waals surface area contributed by atoms with Gasteiger partial charge >= 0.3 is 0 Å². The lowest BCUT2D eigenvalue weighted by Crippen LogP contribution is -2.32. The van der Waals surface area contributed by atoms with Gasteiger partial charge < -0.3 is 0 Å². The van der Waals surface area contributed by atoms with Gasteiger partial charge in [0, 0.05) is 11.0 Å². The molecule has 2 heterocycles. The van der Waals surface area contributed by atoms with Crippen LogP contribution in [0.2, 0.25) is 0 Å². The number of fused-ring (bicyclic) bond motifs is 5. The van der Waals surface area contributed by atoms with Crippen LogP contribution in [0.15, 0.2) is 42.6 Å². The molecular formula is C24H28N4. The second kappa shape index (κ2) is 6.00. The molecule has 144 valence electrons. The fraction of sp³-hybridized carbons (Fsp3) is 0.458. The van der Waals surface area contributed by atoms with Crippen LogP contribution in [0.1, 0.15) is 69.8 Å². The Morgan fingerprint density at radius 3 is 2.64 bits per heavy atom. The molecule has 2 atom stereocenters. The topological polar surface area (TPSA) is 43.6 Å². The molecule has 1 aromatic carbocycles. The van der Waals surface area contributed by atoms with Gasteiger partial charge in [0.25, 0.3) is 0 Å². The molecule has 3 aromatic rings. The molecule has 2 unspecified atom stereocenters.